The molecule has 0 bridgehead atoms. The number of halogens is 2. The van der Waals surface area contributed by atoms with Crippen molar-refractivity contribution in [3.63, 3.8) is 0 Å². The third-order valence-electron chi connectivity index (χ3n) is 4.85. The molecule has 2 N–H and O–H groups in total. The van der Waals surface area contributed by atoms with Crippen molar-refractivity contribution in [2.75, 3.05) is 5.32 Å². The predicted molar refractivity (Wildman–Crippen MR) is 105 cm³/mol. The first-order valence-electron chi connectivity index (χ1n) is 8.75. The van der Waals surface area contributed by atoms with Crippen molar-refractivity contribution in [2.45, 2.75) is 18.5 Å². The summed E-state index contributed by atoms with van der Waals surface area (Å²) in [5, 5.41) is 6.81. The van der Waals surface area contributed by atoms with Crippen LogP contribution in [-0.2, 0) is 11.3 Å². The van der Waals surface area contributed by atoms with Gasteiger partial charge >= 0.3 is 0 Å². The van der Waals surface area contributed by atoms with Crippen molar-refractivity contribution in [3.05, 3.63) is 100 Å². The molecule has 0 aliphatic carbocycles. The molecule has 5 heteroatoms. The fourth-order valence-corrected chi connectivity index (χ4v) is 3.74. The van der Waals surface area contributed by atoms with Gasteiger partial charge in [-0.2, -0.15) is 0 Å². The Morgan fingerprint density at radius 1 is 1.04 bits per heavy atom. The second kappa shape index (κ2) is 7.41. The first-order valence-corrected chi connectivity index (χ1v) is 9.13. The molecular weight excluding hydrogens is 363 g/mol. The average Bonchev–Trinajstić information content (AvgIpc) is 3.06. The van der Waals surface area contributed by atoms with Gasteiger partial charge in [-0.25, -0.2) is 4.39 Å². The fraction of sp³-hybridized carbons (Fsp3) is 0.136. The molecule has 0 spiro atoms. The molecule has 2 unspecified atom stereocenters. The number of carbonyl (C=O) groups excluding carboxylic acids is 1. The summed E-state index contributed by atoms with van der Waals surface area (Å²) < 4.78 is 13.9. The lowest BCUT2D eigenvalue weighted by atomic mass is 9.87. The first-order chi connectivity index (χ1) is 13.1. The number of hydrogen-bond acceptors (Lipinski definition) is 2. The number of anilines is 1. The monoisotopic (exact) mass is 380 g/mol. The van der Waals surface area contributed by atoms with Crippen LogP contribution in [0, 0.1) is 5.82 Å². The van der Waals surface area contributed by atoms with E-state index in [-0.39, 0.29) is 17.6 Å². The van der Waals surface area contributed by atoms with Gasteiger partial charge in [0.25, 0.3) is 0 Å². The summed E-state index contributed by atoms with van der Waals surface area (Å²) in [6.45, 7) is 0.336. The molecule has 1 heterocycles. The molecule has 4 rings (SSSR count). The molecule has 3 aromatic carbocycles. The standard InChI is InChI=1S/C22H18ClFN2O/c23-18-9-5-4-8-15(18)13-25-22(27)21-20(14-6-2-1-3-7-14)17-12-16(24)10-11-19(17)26-21/h1-12,20-21,26H,13H2,(H,25,27). The summed E-state index contributed by atoms with van der Waals surface area (Å²) in [5.41, 5.74) is 3.39. The molecule has 3 aromatic rings. The lowest BCUT2D eigenvalue weighted by Gasteiger charge is -2.20. The molecule has 0 saturated heterocycles. The van der Waals surface area contributed by atoms with E-state index in [0.29, 0.717) is 11.6 Å². The molecule has 2 atom stereocenters. The fourth-order valence-electron chi connectivity index (χ4n) is 3.54. The molecule has 136 valence electrons. The third kappa shape index (κ3) is 3.53. The number of carbonyl (C=O) groups is 1. The lowest BCUT2D eigenvalue weighted by molar-refractivity contribution is -0.122. The summed E-state index contributed by atoms with van der Waals surface area (Å²) in [5.74, 6) is -0.725. The van der Waals surface area contributed by atoms with E-state index in [1.807, 2.05) is 48.5 Å². The van der Waals surface area contributed by atoms with E-state index in [2.05, 4.69) is 10.6 Å². The van der Waals surface area contributed by atoms with Crippen LogP contribution >= 0.6 is 11.6 Å². The van der Waals surface area contributed by atoms with E-state index in [1.54, 1.807) is 12.1 Å². The molecule has 27 heavy (non-hydrogen) atoms. The van der Waals surface area contributed by atoms with E-state index in [1.165, 1.54) is 12.1 Å². The molecular formula is C22H18ClFN2O. The highest BCUT2D eigenvalue weighted by molar-refractivity contribution is 6.31. The molecule has 0 radical (unpaired) electrons. The van der Waals surface area contributed by atoms with Gasteiger partial charge in [-0.3, -0.25) is 4.79 Å². The predicted octanol–water partition coefficient (Wildman–Crippen LogP) is 4.72. The highest BCUT2D eigenvalue weighted by atomic mass is 35.5. The van der Waals surface area contributed by atoms with Crippen LogP contribution in [0.4, 0.5) is 10.1 Å². The van der Waals surface area contributed by atoms with E-state index >= 15 is 0 Å². The third-order valence-corrected chi connectivity index (χ3v) is 5.21. The number of nitrogens with one attached hydrogen (secondary N) is 2. The van der Waals surface area contributed by atoms with Crippen molar-refractivity contribution in [1.82, 2.24) is 5.32 Å². The zero-order chi connectivity index (χ0) is 18.8. The molecule has 1 amide bonds. The average molecular weight is 381 g/mol. The summed E-state index contributed by atoms with van der Waals surface area (Å²) in [7, 11) is 0. The highest BCUT2D eigenvalue weighted by Crippen LogP contribution is 2.40. The van der Waals surface area contributed by atoms with Gasteiger partial charge in [-0.15, -0.1) is 0 Å². The van der Waals surface area contributed by atoms with Crippen LogP contribution in [0.15, 0.2) is 72.8 Å². The molecule has 0 fully saturated rings. The number of fused-ring (bicyclic) bond motifs is 1. The van der Waals surface area contributed by atoms with Gasteiger partial charge < -0.3 is 10.6 Å². The van der Waals surface area contributed by atoms with Crippen molar-refractivity contribution in [1.29, 1.82) is 0 Å². The van der Waals surface area contributed by atoms with Gasteiger partial charge in [0.15, 0.2) is 0 Å². The van der Waals surface area contributed by atoms with Crippen LogP contribution in [0.5, 0.6) is 0 Å². The van der Waals surface area contributed by atoms with Crippen molar-refractivity contribution >= 4 is 23.2 Å². The molecule has 1 aliphatic heterocycles. The van der Waals surface area contributed by atoms with Crippen LogP contribution in [0.3, 0.4) is 0 Å². The van der Waals surface area contributed by atoms with Crippen molar-refractivity contribution in [3.8, 4) is 0 Å². The number of benzene rings is 3. The minimum absolute atomic E-state index is 0.152. The van der Waals surface area contributed by atoms with Crippen LogP contribution in [-0.4, -0.2) is 11.9 Å². The lowest BCUT2D eigenvalue weighted by Crippen LogP contribution is -2.40. The zero-order valence-electron chi connectivity index (χ0n) is 14.5. The number of hydrogen-bond donors (Lipinski definition) is 2. The van der Waals surface area contributed by atoms with Gasteiger partial charge in [0, 0.05) is 23.2 Å². The van der Waals surface area contributed by atoms with Gasteiger partial charge in [-0.1, -0.05) is 60.1 Å². The number of rotatable bonds is 4. The van der Waals surface area contributed by atoms with E-state index in [0.717, 1.165) is 22.4 Å². The maximum atomic E-state index is 13.9. The summed E-state index contributed by atoms with van der Waals surface area (Å²) in [4.78, 5) is 13.0. The van der Waals surface area contributed by atoms with E-state index in [9.17, 15) is 9.18 Å². The van der Waals surface area contributed by atoms with Gasteiger partial charge in [0.05, 0.1) is 0 Å². The minimum atomic E-state index is -0.522. The smallest absolute Gasteiger partial charge is 0.243 e. The number of amides is 1. The molecule has 0 saturated carbocycles. The Bertz CT molecular complexity index is 977. The largest absolute Gasteiger partial charge is 0.373 e. The van der Waals surface area contributed by atoms with Gasteiger partial charge in [0.2, 0.25) is 5.91 Å². The van der Waals surface area contributed by atoms with Crippen LogP contribution in [0.1, 0.15) is 22.6 Å². The molecule has 3 nitrogen and oxygen atoms in total. The molecule has 0 aromatic heterocycles. The second-order valence-electron chi connectivity index (χ2n) is 6.55. The van der Waals surface area contributed by atoms with Gasteiger partial charge in [-0.05, 0) is 41.0 Å². The first kappa shape index (κ1) is 17.6. The maximum Gasteiger partial charge on any atom is 0.243 e. The van der Waals surface area contributed by atoms with Crippen molar-refractivity contribution in [2.24, 2.45) is 0 Å². The zero-order valence-corrected chi connectivity index (χ0v) is 15.2. The normalized spacial score (nSPS) is 17.9. The van der Waals surface area contributed by atoms with Crippen molar-refractivity contribution < 1.29 is 9.18 Å². The summed E-state index contributed by atoms with van der Waals surface area (Å²) >= 11 is 6.17. The Morgan fingerprint density at radius 2 is 1.78 bits per heavy atom. The Hall–Kier alpha value is -2.85. The molecule has 1 aliphatic rings. The van der Waals surface area contributed by atoms with Crippen LogP contribution in [0.2, 0.25) is 5.02 Å². The van der Waals surface area contributed by atoms with E-state index in [4.69, 9.17) is 11.6 Å². The quantitative estimate of drug-likeness (QED) is 0.687. The maximum absolute atomic E-state index is 13.9. The second-order valence-corrected chi connectivity index (χ2v) is 6.96. The Balaban J connectivity index is 1.61. The van der Waals surface area contributed by atoms with Crippen LogP contribution in [0.25, 0.3) is 0 Å². The Morgan fingerprint density at radius 3 is 2.56 bits per heavy atom. The Kier molecular flexibility index (Phi) is 4.82. The summed E-state index contributed by atoms with van der Waals surface area (Å²) in [6.07, 6.45) is 0. The topological polar surface area (TPSA) is 41.1 Å². The Labute approximate surface area is 162 Å². The summed E-state index contributed by atoms with van der Waals surface area (Å²) in [6, 6.07) is 21.2. The highest BCUT2D eigenvalue weighted by Gasteiger charge is 2.38. The minimum Gasteiger partial charge on any atom is -0.373 e. The van der Waals surface area contributed by atoms with Gasteiger partial charge in [0.1, 0.15) is 11.9 Å². The van der Waals surface area contributed by atoms with E-state index < -0.39 is 6.04 Å². The van der Waals surface area contributed by atoms with Crippen LogP contribution < -0.4 is 10.6 Å². The SMILES string of the molecule is O=C(NCc1ccccc1Cl)C1Nc2ccc(F)cc2C1c1ccccc1.